The molecule has 0 atom stereocenters. The normalized spacial score (nSPS) is 10.6. The van der Waals surface area contributed by atoms with E-state index in [1.807, 2.05) is 22.9 Å². The van der Waals surface area contributed by atoms with Crippen LogP contribution in [0.3, 0.4) is 0 Å². The van der Waals surface area contributed by atoms with Crippen LogP contribution in [0.1, 0.15) is 11.1 Å². The second kappa shape index (κ2) is 5.06. The molecule has 0 unspecified atom stereocenters. The Bertz CT molecular complexity index is 654. The molecule has 0 N–H and O–H groups in total. The van der Waals surface area contributed by atoms with Crippen LogP contribution in [0.5, 0.6) is 0 Å². The molecule has 94 valence electrons. The molecule has 3 heteroatoms. The molecule has 1 heterocycles. The van der Waals surface area contributed by atoms with E-state index < -0.39 is 0 Å². The molecule has 0 saturated heterocycles. The van der Waals surface area contributed by atoms with Crippen molar-refractivity contribution in [1.29, 1.82) is 0 Å². The summed E-state index contributed by atoms with van der Waals surface area (Å²) in [6.07, 6.45) is 1.61. The summed E-state index contributed by atoms with van der Waals surface area (Å²) < 4.78 is 1.93. The summed E-state index contributed by atoms with van der Waals surface area (Å²) >= 11 is 0. The molecule has 2 aromatic carbocycles. The first kappa shape index (κ1) is 11.7. The largest absolute Gasteiger partial charge is 0.241 e. The number of benzene rings is 2. The Kier molecular flexibility index (Phi) is 3.11. The van der Waals surface area contributed by atoms with Gasteiger partial charge in [0.15, 0.2) is 5.82 Å². The second-order valence-corrected chi connectivity index (χ2v) is 4.59. The number of aryl methyl sites for hydroxylation is 1. The van der Waals surface area contributed by atoms with Crippen molar-refractivity contribution in [2.75, 3.05) is 0 Å². The fourth-order valence-electron chi connectivity index (χ4n) is 2.06. The lowest BCUT2D eigenvalue weighted by Gasteiger charge is -2.06. The molecule has 0 fully saturated rings. The molecular weight excluding hydrogens is 234 g/mol. The summed E-state index contributed by atoms with van der Waals surface area (Å²) in [6.45, 7) is 2.82. The fraction of sp³-hybridized carbons (Fsp3) is 0.125. The molecule has 0 bridgehead atoms. The molecule has 0 aliphatic rings. The maximum absolute atomic E-state index is 4.36. The highest BCUT2D eigenvalue weighted by atomic mass is 15.3. The zero-order valence-corrected chi connectivity index (χ0v) is 10.8. The third-order valence-electron chi connectivity index (χ3n) is 3.10. The smallest absolute Gasteiger partial charge is 0.158 e. The first-order valence-electron chi connectivity index (χ1n) is 6.32. The van der Waals surface area contributed by atoms with E-state index in [1.54, 1.807) is 6.33 Å². The van der Waals surface area contributed by atoms with Crippen LogP contribution in [0.25, 0.3) is 11.4 Å². The zero-order valence-electron chi connectivity index (χ0n) is 10.8. The molecule has 0 aliphatic heterocycles. The average Bonchev–Trinajstić information content (AvgIpc) is 2.89. The summed E-state index contributed by atoms with van der Waals surface area (Å²) in [5.74, 6) is 0.906. The van der Waals surface area contributed by atoms with Crippen LogP contribution in [-0.2, 0) is 6.54 Å². The van der Waals surface area contributed by atoms with Gasteiger partial charge in [-0.25, -0.2) is 9.67 Å². The zero-order chi connectivity index (χ0) is 13.1. The fourth-order valence-corrected chi connectivity index (χ4v) is 2.06. The van der Waals surface area contributed by atoms with Crippen LogP contribution >= 0.6 is 0 Å². The average molecular weight is 249 g/mol. The van der Waals surface area contributed by atoms with E-state index >= 15 is 0 Å². The van der Waals surface area contributed by atoms with Crippen LogP contribution < -0.4 is 0 Å². The molecule has 0 spiro atoms. The van der Waals surface area contributed by atoms with Gasteiger partial charge in [0, 0.05) is 5.56 Å². The van der Waals surface area contributed by atoms with Crippen molar-refractivity contribution in [2.45, 2.75) is 13.5 Å². The van der Waals surface area contributed by atoms with E-state index in [9.17, 15) is 0 Å². The van der Waals surface area contributed by atoms with Crippen molar-refractivity contribution >= 4 is 0 Å². The number of hydrogen-bond donors (Lipinski definition) is 0. The lowest BCUT2D eigenvalue weighted by molar-refractivity contribution is 0.693. The first-order valence-corrected chi connectivity index (χ1v) is 6.32. The van der Waals surface area contributed by atoms with Crippen LogP contribution in [-0.4, -0.2) is 14.8 Å². The maximum atomic E-state index is 4.36. The third kappa shape index (κ3) is 2.55. The number of nitrogens with zero attached hydrogens (tertiary/aromatic N) is 3. The van der Waals surface area contributed by atoms with Gasteiger partial charge in [0.1, 0.15) is 6.33 Å². The Morgan fingerprint density at radius 3 is 2.42 bits per heavy atom. The van der Waals surface area contributed by atoms with Gasteiger partial charge in [0.2, 0.25) is 0 Å². The molecular formula is C16H15N3. The lowest BCUT2D eigenvalue weighted by atomic mass is 10.1. The molecule has 0 amide bonds. The molecule has 19 heavy (non-hydrogen) atoms. The third-order valence-corrected chi connectivity index (χ3v) is 3.10. The number of aromatic nitrogens is 3. The van der Waals surface area contributed by atoms with Crippen molar-refractivity contribution in [2.24, 2.45) is 0 Å². The van der Waals surface area contributed by atoms with Gasteiger partial charge >= 0.3 is 0 Å². The lowest BCUT2D eigenvalue weighted by Crippen LogP contribution is -2.03. The predicted octanol–water partition coefficient (Wildman–Crippen LogP) is 3.30. The van der Waals surface area contributed by atoms with Crippen molar-refractivity contribution in [3.63, 3.8) is 0 Å². The predicted molar refractivity (Wildman–Crippen MR) is 75.7 cm³/mol. The molecule has 0 saturated carbocycles. The Morgan fingerprint density at radius 1 is 0.947 bits per heavy atom. The molecule has 1 aromatic heterocycles. The molecule has 0 radical (unpaired) electrons. The highest BCUT2D eigenvalue weighted by Gasteiger charge is 2.07. The summed E-state index contributed by atoms with van der Waals surface area (Å²) in [5.41, 5.74) is 3.57. The van der Waals surface area contributed by atoms with Crippen LogP contribution in [0.15, 0.2) is 60.9 Å². The highest BCUT2D eigenvalue weighted by Crippen LogP contribution is 2.17. The summed E-state index contributed by atoms with van der Waals surface area (Å²) in [6, 6.07) is 18.7. The monoisotopic (exact) mass is 249 g/mol. The van der Waals surface area contributed by atoms with E-state index in [4.69, 9.17) is 0 Å². The van der Waals surface area contributed by atoms with E-state index in [-0.39, 0.29) is 0 Å². The summed E-state index contributed by atoms with van der Waals surface area (Å²) in [5, 5.41) is 4.32. The minimum atomic E-state index is 0.740. The van der Waals surface area contributed by atoms with Gasteiger partial charge in [0.05, 0.1) is 6.54 Å². The van der Waals surface area contributed by atoms with Crippen molar-refractivity contribution in [1.82, 2.24) is 14.8 Å². The van der Waals surface area contributed by atoms with Gasteiger partial charge in [-0.15, -0.1) is 0 Å². The van der Waals surface area contributed by atoms with E-state index in [1.165, 1.54) is 11.1 Å². The van der Waals surface area contributed by atoms with Crippen molar-refractivity contribution < 1.29 is 0 Å². The van der Waals surface area contributed by atoms with Gasteiger partial charge in [0.25, 0.3) is 0 Å². The van der Waals surface area contributed by atoms with Gasteiger partial charge in [-0.05, 0) is 12.5 Å². The Hall–Kier alpha value is -2.42. The van der Waals surface area contributed by atoms with Crippen molar-refractivity contribution in [3.8, 4) is 11.4 Å². The SMILES string of the molecule is Cc1ccc(-c2ncnn2Cc2ccccc2)cc1. The molecule has 0 aliphatic carbocycles. The van der Waals surface area contributed by atoms with E-state index in [0.29, 0.717) is 0 Å². The quantitative estimate of drug-likeness (QED) is 0.713. The summed E-state index contributed by atoms with van der Waals surface area (Å²) in [4.78, 5) is 4.36. The summed E-state index contributed by atoms with van der Waals surface area (Å²) in [7, 11) is 0. The van der Waals surface area contributed by atoms with Crippen molar-refractivity contribution in [3.05, 3.63) is 72.1 Å². The minimum Gasteiger partial charge on any atom is -0.241 e. The van der Waals surface area contributed by atoms with Crippen LogP contribution in [0.2, 0.25) is 0 Å². The second-order valence-electron chi connectivity index (χ2n) is 4.59. The maximum Gasteiger partial charge on any atom is 0.158 e. The molecule has 3 nitrogen and oxygen atoms in total. The van der Waals surface area contributed by atoms with Crippen LogP contribution in [0, 0.1) is 6.92 Å². The number of rotatable bonds is 3. The Labute approximate surface area is 112 Å². The van der Waals surface area contributed by atoms with Gasteiger partial charge in [-0.1, -0.05) is 60.2 Å². The van der Waals surface area contributed by atoms with E-state index in [0.717, 1.165) is 17.9 Å². The van der Waals surface area contributed by atoms with E-state index in [2.05, 4.69) is 53.4 Å². The minimum absolute atomic E-state index is 0.740. The standard InChI is InChI=1S/C16H15N3/c1-13-7-9-15(10-8-13)16-17-12-18-19(16)11-14-5-3-2-4-6-14/h2-10,12H,11H2,1H3. The topological polar surface area (TPSA) is 30.7 Å². The molecule has 3 aromatic rings. The number of hydrogen-bond acceptors (Lipinski definition) is 2. The van der Waals surface area contributed by atoms with Gasteiger partial charge in [-0.3, -0.25) is 0 Å². The Balaban J connectivity index is 1.92. The highest BCUT2D eigenvalue weighted by molar-refractivity contribution is 5.55. The Morgan fingerprint density at radius 2 is 1.68 bits per heavy atom. The van der Waals surface area contributed by atoms with Gasteiger partial charge < -0.3 is 0 Å². The van der Waals surface area contributed by atoms with Crippen LogP contribution in [0.4, 0.5) is 0 Å². The molecule has 3 rings (SSSR count). The van der Waals surface area contributed by atoms with Gasteiger partial charge in [-0.2, -0.15) is 5.10 Å². The first-order chi connectivity index (χ1) is 9.33.